The molecule has 0 aliphatic rings. The summed E-state index contributed by atoms with van der Waals surface area (Å²) in [5.74, 6) is 0.626. The Morgan fingerprint density at radius 1 is 0.900 bits per heavy atom. The summed E-state index contributed by atoms with van der Waals surface area (Å²) in [5, 5.41) is 0. The maximum atomic E-state index is 14.0. The summed E-state index contributed by atoms with van der Waals surface area (Å²) < 4.78 is 15.2. The summed E-state index contributed by atoms with van der Waals surface area (Å²) in [7, 11) is 0. The highest BCUT2D eigenvalue weighted by molar-refractivity contribution is 9.10. The first kappa shape index (κ1) is 15.2. The lowest BCUT2D eigenvalue weighted by atomic mass is 9.91. The van der Waals surface area contributed by atoms with Gasteiger partial charge in [0.15, 0.2) is 0 Å². The lowest BCUT2D eigenvalue weighted by molar-refractivity contribution is 0.631. The van der Waals surface area contributed by atoms with Crippen molar-refractivity contribution in [3.63, 3.8) is 0 Å². The van der Waals surface area contributed by atoms with Gasteiger partial charge in [-0.25, -0.2) is 4.39 Å². The Labute approximate surface area is 129 Å². The molecule has 0 aromatic heterocycles. The van der Waals surface area contributed by atoms with Crippen LogP contribution in [0.4, 0.5) is 4.39 Å². The number of halogens is 2. The second-order valence-corrected chi connectivity index (χ2v) is 6.55. The lowest BCUT2D eigenvalue weighted by Crippen LogP contribution is -1.98. The number of rotatable bonds is 3. The predicted octanol–water partition coefficient (Wildman–Crippen LogP) is 6.50. The topological polar surface area (TPSA) is 0 Å². The van der Waals surface area contributed by atoms with Gasteiger partial charge in [0.25, 0.3) is 0 Å². The van der Waals surface area contributed by atoms with Gasteiger partial charge in [-0.1, -0.05) is 61.8 Å². The molecule has 2 heteroatoms. The van der Waals surface area contributed by atoms with Gasteiger partial charge in [-0.2, -0.15) is 0 Å². The molecular weight excluding hydrogens is 315 g/mol. The van der Waals surface area contributed by atoms with Gasteiger partial charge in [-0.05, 0) is 46.7 Å². The molecule has 0 N–H and O–H groups in total. The van der Waals surface area contributed by atoms with E-state index in [2.05, 4.69) is 55.8 Å². The highest BCUT2D eigenvalue weighted by atomic mass is 79.9. The van der Waals surface area contributed by atoms with Crippen molar-refractivity contribution < 1.29 is 4.39 Å². The average molecular weight is 335 g/mol. The van der Waals surface area contributed by atoms with Gasteiger partial charge in [0, 0.05) is 10.0 Å². The molecule has 2 aromatic rings. The maximum Gasteiger partial charge on any atom is 0.131 e. The number of hydrogen-bond acceptors (Lipinski definition) is 0. The fourth-order valence-corrected chi connectivity index (χ4v) is 3.51. The Hall–Kier alpha value is -1.15. The summed E-state index contributed by atoms with van der Waals surface area (Å²) in [5.41, 5.74) is 4.09. The van der Waals surface area contributed by atoms with E-state index in [0.29, 0.717) is 17.4 Å². The molecule has 0 nitrogen and oxygen atoms in total. The van der Waals surface area contributed by atoms with Crippen molar-refractivity contribution in [1.82, 2.24) is 0 Å². The van der Waals surface area contributed by atoms with Gasteiger partial charge in [-0.3, -0.25) is 0 Å². The third kappa shape index (κ3) is 2.95. The fourth-order valence-electron chi connectivity index (χ4n) is 2.36. The largest absolute Gasteiger partial charge is 0.206 e. The van der Waals surface area contributed by atoms with Gasteiger partial charge >= 0.3 is 0 Å². The summed E-state index contributed by atoms with van der Waals surface area (Å²) in [6.45, 7) is 8.65. The molecule has 0 heterocycles. The van der Waals surface area contributed by atoms with Crippen LogP contribution < -0.4 is 0 Å². The van der Waals surface area contributed by atoms with Crippen molar-refractivity contribution in [1.29, 1.82) is 0 Å². The Morgan fingerprint density at radius 2 is 1.40 bits per heavy atom. The first-order valence-electron chi connectivity index (χ1n) is 7.00. The normalized spacial score (nSPS) is 11.4. The molecule has 20 heavy (non-hydrogen) atoms. The SMILES string of the molecule is CC(C)c1cc(-c2ccccc2F)cc(C(C)C)c1Br. The zero-order valence-electron chi connectivity index (χ0n) is 12.4. The molecule has 0 saturated heterocycles. The van der Waals surface area contributed by atoms with Crippen LogP contribution in [0.2, 0.25) is 0 Å². The van der Waals surface area contributed by atoms with E-state index in [4.69, 9.17) is 0 Å². The lowest BCUT2D eigenvalue weighted by Gasteiger charge is -2.18. The van der Waals surface area contributed by atoms with Crippen molar-refractivity contribution in [3.8, 4) is 11.1 Å². The van der Waals surface area contributed by atoms with Crippen molar-refractivity contribution in [2.24, 2.45) is 0 Å². The monoisotopic (exact) mass is 334 g/mol. The van der Waals surface area contributed by atoms with Gasteiger partial charge in [0.1, 0.15) is 5.82 Å². The zero-order valence-corrected chi connectivity index (χ0v) is 14.0. The van der Waals surface area contributed by atoms with E-state index in [1.165, 1.54) is 17.2 Å². The van der Waals surface area contributed by atoms with Crippen molar-refractivity contribution in [3.05, 3.63) is 57.8 Å². The van der Waals surface area contributed by atoms with E-state index in [0.717, 1.165) is 10.0 Å². The van der Waals surface area contributed by atoms with Crippen LogP contribution in [0.25, 0.3) is 11.1 Å². The second-order valence-electron chi connectivity index (χ2n) is 5.76. The van der Waals surface area contributed by atoms with Crippen LogP contribution >= 0.6 is 15.9 Å². The predicted molar refractivity (Wildman–Crippen MR) is 87.7 cm³/mol. The van der Waals surface area contributed by atoms with Crippen LogP contribution in [-0.4, -0.2) is 0 Å². The van der Waals surface area contributed by atoms with Crippen LogP contribution in [0.1, 0.15) is 50.7 Å². The fraction of sp³-hybridized carbons (Fsp3) is 0.333. The summed E-state index contributed by atoms with van der Waals surface area (Å²) in [6.07, 6.45) is 0. The molecule has 0 aliphatic heterocycles. The first-order chi connectivity index (χ1) is 9.41. The molecular formula is C18H20BrF. The maximum absolute atomic E-state index is 14.0. The van der Waals surface area contributed by atoms with Crippen LogP contribution in [0, 0.1) is 5.82 Å². The molecule has 0 amide bonds. The quantitative estimate of drug-likeness (QED) is 0.600. The van der Waals surface area contributed by atoms with E-state index in [1.807, 2.05) is 12.1 Å². The third-order valence-corrected chi connectivity index (χ3v) is 4.47. The second kappa shape index (κ2) is 6.09. The minimum Gasteiger partial charge on any atom is -0.206 e. The summed E-state index contributed by atoms with van der Waals surface area (Å²) >= 11 is 3.71. The summed E-state index contributed by atoms with van der Waals surface area (Å²) in [6, 6.07) is 11.2. The number of benzene rings is 2. The molecule has 106 valence electrons. The van der Waals surface area contributed by atoms with Crippen molar-refractivity contribution >= 4 is 15.9 Å². The van der Waals surface area contributed by atoms with Crippen LogP contribution in [0.5, 0.6) is 0 Å². The van der Waals surface area contributed by atoms with Crippen LogP contribution in [0.15, 0.2) is 40.9 Å². The number of hydrogen-bond donors (Lipinski definition) is 0. The molecule has 0 unspecified atom stereocenters. The van der Waals surface area contributed by atoms with E-state index < -0.39 is 0 Å². The molecule has 0 fully saturated rings. The molecule has 0 bridgehead atoms. The Kier molecular flexibility index (Phi) is 4.64. The molecule has 0 aliphatic carbocycles. The van der Waals surface area contributed by atoms with E-state index in [1.54, 1.807) is 6.07 Å². The Morgan fingerprint density at radius 3 is 1.85 bits per heavy atom. The van der Waals surface area contributed by atoms with Gasteiger partial charge in [0.05, 0.1) is 0 Å². The van der Waals surface area contributed by atoms with Crippen LogP contribution in [-0.2, 0) is 0 Å². The third-order valence-electron chi connectivity index (χ3n) is 3.56. The Bertz CT molecular complexity index is 586. The van der Waals surface area contributed by atoms with E-state index in [-0.39, 0.29) is 5.82 Å². The molecule has 0 spiro atoms. The Balaban J connectivity index is 2.69. The molecule has 2 aromatic carbocycles. The highest BCUT2D eigenvalue weighted by Crippen LogP contribution is 2.37. The van der Waals surface area contributed by atoms with Crippen molar-refractivity contribution in [2.45, 2.75) is 39.5 Å². The molecule has 0 radical (unpaired) electrons. The minimum atomic E-state index is -0.167. The zero-order chi connectivity index (χ0) is 14.9. The smallest absolute Gasteiger partial charge is 0.131 e. The van der Waals surface area contributed by atoms with Gasteiger partial charge in [0.2, 0.25) is 0 Å². The minimum absolute atomic E-state index is 0.167. The van der Waals surface area contributed by atoms with Crippen LogP contribution in [0.3, 0.4) is 0 Å². The first-order valence-corrected chi connectivity index (χ1v) is 7.79. The van der Waals surface area contributed by atoms with E-state index >= 15 is 0 Å². The highest BCUT2D eigenvalue weighted by Gasteiger charge is 2.15. The average Bonchev–Trinajstić information content (AvgIpc) is 2.39. The summed E-state index contributed by atoms with van der Waals surface area (Å²) in [4.78, 5) is 0. The molecule has 2 rings (SSSR count). The standard InChI is InChI=1S/C18H20BrF/c1-11(2)15-9-13(10-16(12(3)4)18(15)19)14-7-5-6-8-17(14)20/h5-12H,1-4H3. The molecule has 0 atom stereocenters. The van der Waals surface area contributed by atoms with Gasteiger partial charge in [-0.15, -0.1) is 0 Å². The van der Waals surface area contributed by atoms with Crippen molar-refractivity contribution in [2.75, 3.05) is 0 Å². The van der Waals surface area contributed by atoms with E-state index in [9.17, 15) is 4.39 Å². The van der Waals surface area contributed by atoms with Gasteiger partial charge < -0.3 is 0 Å². The molecule has 0 saturated carbocycles.